The highest BCUT2D eigenvalue weighted by molar-refractivity contribution is 5.95. The van der Waals surface area contributed by atoms with Crippen LogP contribution in [0.3, 0.4) is 0 Å². The lowest BCUT2D eigenvalue weighted by Crippen LogP contribution is -2.12. The Labute approximate surface area is 112 Å². The Bertz CT molecular complexity index is 410. The molecule has 0 unspecified atom stereocenters. The molecule has 0 heterocycles. The quantitative estimate of drug-likeness (QED) is 0.397. The molecule has 0 bridgehead atoms. The Hall–Kier alpha value is -1.79. The van der Waals surface area contributed by atoms with Gasteiger partial charge in [0.1, 0.15) is 12.4 Å². The van der Waals surface area contributed by atoms with Crippen LogP contribution in [-0.2, 0) is 9.47 Å². The van der Waals surface area contributed by atoms with Crippen molar-refractivity contribution in [3.8, 4) is 11.5 Å². The summed E-state index contributed by atoms with van der Waals surface area (Å²) in [7, 11) is 3.17. The number of nitrogens with two attached hydrogens (primary N) is 1. The summed E-state index contributed by atoms with van der Waals surface area (Å²) in [6.45, 7) is 2.00. The number of ether oxygens (including phenoxy) is 4. The fourth-order valence-corrected chi connectivity index (χ4v) is 1.41. The second kappa shape index (κ2) is 8.34. The van der Waals surface area contributed by atoms with Gasteiger partial charge in [-0.25, -0.2) is 0 Å². The van der Waals surface area contributed by atoms with Crippen LogP contribution < -0.4 is 15.2 Å². The van der Waals surface area contributed by atoms with E-state index in [1.54, 1.807) is 32.4 Å². The van der Waals surface area contributed by atoms with Crippen LogP contribution in [0.25, 0.3) is 0 Å². The maximum atomic E-state index is 7.36. The molecule has 19 heavy (non-hydrogen) atoms. The van der Waals surface area contributed by atoms with Crippen molar-refractivity contribution in [1.82, 2.24) is 0 Å². The van der Waals surface area contributed by atoms with Crippen LogP contribution in [0.4, 0.5) is 0 Å². The molecule has 1 rings (SSSR count). The van der Waals surface area contributed by atoms with E-state index in [9.17, 15) is 0 Å². The molecule has 0 aromatic heterocycles. The van der Waals surface area contributed by atoms with Gasteiger partial charge in [0.15, 0.2) is 11.5 Å². The van der Waals surface area contributed by atoms with Gasteiger partial charge in [0.2, 0.25) is 0 Å². The number of hydrogen-bond acceptors (Lipinski definition) is 5. The van der Waals surface area contributed by atoms with E-state index in [2.05, 4.69) is 0 Å². The number of nitrogens with one attached hydrogen (secondary N) is 1. The molecule has 0 radical (unpaired) electrons. The summed E-state index contributed by atoms with van der Waals surface area (Å²) in [6.07, 6.45) is 0. The summed E-state index contributed by atoms with van der Waals surface area (Å²) < 4.78 is 20.9. The summed E-state index contributed by atoms with van der Waals surface area (Å²) in [5.41, 5.74) is 6.01. The van der Waals surface area contributed by atoms with Gasteiger partial charge in [-0.05, 0) is 18.2 Å². The molecule has 0 saturated carbocycles. The highest BCUT2D eigenvalue weighted by Gasteiger charge is 2.07. The van der Waals surface area contributed by atoms with E-state index < -0.39 is 0 Å². The Morgan fingerprint density at radius 1 is 1.11 bits per heavy atom. The average Bonchev–Trinajstić information content (AvgIpc) is 2.42. The fourth-order valence-electron chi connectivity index (χ4n) is 1.41. The van der Waals surface area contributed by atoms with Crippen molar-refractivity contribution in [3.63, 3.8) is 0 Å². The third kappa shape index (κ3) is 5.15. The van der Waals surface area contributed by atoms with Crippen LogP contribution >= 0.6 is 0 Å². The lowest BCUT2D eigenvalue weighted by Gasteiger charge is -2.12. The molecular weight excluding hydrogens is 248 g/mol. The van der Waals surface area contributed by atoms with Crippen molar-refractivity contribution >= 4 is 5.84 Å². The molecule has 6 heteroatoms. The van der Waals surface area contributed by atoms with Crippen LogP contribution in [0.1, 0.15) is 5.56 Å². The number of nitrogen functional groups attached to an aromatic ring is 1. The summed E-state index contributed by atoms with van der Waals surface area (Å²) in [5.74, 6) is 1.14. The van der Waals surface area contributed by atoms with Crippen LogP contribution in [0, 0.1) is 5.41 Å². The van der Waals surface area contributed by atoms with Crippen molar-refractivity contribution in [3.05, 3.63) is 23.8 Å². The Kier molecular flexibility index (Phi) is 6.70. The number of benzene rings is 1. The molecule has 0 aliphatic rings. The van der Waals surface area contributed by atoms with E-state index in [0.717, 1.165) is 0 Å². The van der Waals surface area contributed by atoms with E-state index in [1.807, 2.05) is 0 Å². The molecule has 0 aliphatic carbocycles. The predicted molar refractivity (Wildman–Crippen MR) is 72.2 cm³/mol. The van der Waals surface area contributed by atoms with Crippen molar-refractivity contribution in [2.24, 2.45) is 5.73 Å². The summed E-state index contributed by atoms with van der Waals surface area (Å²) >= 11 is 0. The molecule has 0 amide bonds. The van der Waals surface area contributed by atoms with Crippen molar-refractivity contribution in [1.29, 1.82) is 5.41 Å². The van der Waals surface area contributed by atoms with Crippen LogP contribution in [0.15, 0.2) is 18.2 Å². The zero-order chi connectivity index (χ0) is 14.1. The van der Waals surface area contributed by atoms with E-state index in [0.29, 0.717) is 43.5 Å². The number of amidine groups is 1. The molecular formula is C13H20N2O4. The summed E-state index contributed by atoms with van der Waals surface area (Å²) in [4.78, 5) is 0. The SMILES string of the molecule is COCCOCCOc1ccc(C(=N)N)cc1OC. The highest BCUT2D eigenvalue weighted by atomic mass is 16.5. The number of methoxy groups -OCH3 is 2. The molecule has 1 aromatic rings. The third-order valence-corrected chi connectivity index (χ3v) is 2.39. The molecule has 0 atom stereocenters. The lowest BCUT2D eigenvalue weighted by atomic mass is 10.2. The standard InChI is InChI=1S/C13H20N2O4/c1-16-5-6-18-7-8-19-11-4-3-10(13(14)15)9-12(11)17-2/h3-4,9H,5-8H2,1-2H3,(H3,14,15). The Balaban J connectivity index is 2.47. The molecule has 1 aromatic carbocycles. The topological polar surface area (TPSA) is 86.8 Å². The Morgan fingerprint density at radius 3 is 2.47 bits per heavy atom. The first-order chi connectivity index (χ1) is 9.19. The van der Waals surface area contributed by atoms with Gasteiger partial charge in [-0.15, -0.1) is 0 Å². The molecule has 0 aliphatic heterocycles. The first-order valence-corrected chi connectivity index (χ1v) is 5.91. The average molecular weight is 268 g/mol. The highest BCUT2D eigenvalue weighted by Crippen LogP contribution is 2.27. The fraction of sp³-hybridized carbons (Fsp3) is 0.462. The largest absolute Gasteiger partial charge is 0.493 e. The maximum Gasteiger partial charge on any atom is 0.161 e. The zero-order valence-corrected chi connectivity index (χ0v) is 11.3. The predicted octanol–water partition coefficient (Wildman–Crippen LogP) is 1.02. The number of rotatable bonds is 9. The van der Waals surface area contributed by atoms with Crippen molar-refractivity contribution in [2.45, 2.75) is 0 Å². The minimum absolute atomic E-state index is 0.00671. The second-order valence-electron chi connectivity index (χ2n) is 3.73. The van der Waals surface area contributed by atoms with Crippen LogP contribution in [0.2, 0.25) is 0 Å². The van der Waals surface area contributed by atoms with E-state index in [1.165, 1.54) is 0 Å². The molecule has 106 valence electrons. The smallest absolute Gasteiger partial charge is 0.161 e. The van der Waals surface area contributed by atoms with Crippen LogP contribution in [0.5, 0.6) is 11.5 Å². The number of hydrogen-bond donors (Lipinski definition) is 2. The zero-order valence-electron chi connectivity index (χ0n) is 11.3. The second-order valence-corrected chi connectivity index (χ2v) is 3.73. The molecule has 0 saturated heterocycles. The van der Waals surface area contributed by atoms with Gasteiger partial charge >= 0.3 is 0 Å². The van der Waals surface area contributed by atoms with E-state index in [4.69, 9.17) is 30.1 Å². The van der Waals surface area contributed by atoms with Gasteiger partial charge in [-0.3, -0.25) is 5.41 Å². The Morgan fingerprint density at radius 2 is 1.84 bits per heavy atom. The first-order valence-electron chi connectivity index (χ1n) is 5.91. The minimum Gasteiger partial charge on any atom is -0.493 e. The first kappa shape index (κ1) is 15.3. The van der Waals surface area contributed by atoms with Gasteiger partial charge in [0.05, 0.1) is 26.9 Å². The van der Waals surface area contributed by atoms with E-state index in [-0.39, 0.29) is 5.84 Å². The lowest BCUT2D eigenvalue weighted by molar-refractivity contribution is 0.0540. The van der Waals surface area contributed by atoms with Gasteiger partial charge in [0.25, 0.3) is 0 Å². The van der Waals surface area contributed by atoms with Gasteiger partial charge in [-0.1, -0.05) is 0 Å². The van der Waals surface area contributed by atoms with Gasteiger partial charge in [0, 0.05) is 12.7 Å². The molecule has 0 fully saturated rings. The van der Waals surface area contributed by atoms with Gasteiger partial charge < -0.3 is 24.7 Å². The maximum absolute atomic E-state index is 7.36. The third-order valence-electron chi connectivity index (χ3n) is 2.39. The van der Waals surface area contributed by atoms with Gasteiger partial charge in [-0.2, -0.15) is 0 Å². The van der Waals surface area contributed by atoms with Crippen molar-refractivity contribution < 1.29 is 18.9 Å². The summed E-state index contributed by atoms with van der Waals surface area (Å²) in [6, 6.07) is 5.11. The summed E-state index contributed by atoms with van der Waals surface area (Å²) in [5, 5.41) is 7.36. The van der Waals surface area contributed by atoms with Crippen molar-refractivity contribution in [2.75, 3.05) is 40.6 Å². The monoisotopic (exact) mass is 268 g/mol. The van der Waals surface area contributed by atoms with E-state index >= 15 is 0 Å². The molecule has 6 nitrogen and oxygen atoms in total. The van der Waals surface area contributed by atoms with Crippen LogP contribution in [-0.4, -0.2) is 46.5 Å². The normalized spacial score (nSPS) is 10.2. The molecule has 0 spiro atoms. The minimum atomic E-state index is -0.00671. The molecule has 3 N–H and O–H groups in total.